The fraction of sp³-hybridized carbons (Fsp3) is 0.160. The number of nitrogens with zero attached hydrogens (tertiary/aromatic N) is 2. The van der Waals surface area contributed by atoms with E-state index in [1.54, 1.807) is 12.1 Å². The molecule has 10 heteroatoms. The van der Waals surface area contributed by atoms with Crippen LogP contribution in [0.1, 0.15) is 13.8 Å². The first-order valence-corrected chi connectivity index (χ1v) is 12.2. The zero-order valence-corrected chi connectivity index (χ0v) is 19.8. The first-order chi connectivity index (χ1) is 16.7. The number of carbonyl (C=O) groups is 1. The number of halogens is 1. The van der Waals surface area contributed by atoms with Crippen LogP contribution >= 0.6 is 0 Å². The van der Waals surface area contributed by atoms with E-state index < -0.39 is 28.0 Å². The topological polar surface area (TPSA) is 114 Å². The van der Waals surface area contributed by atoms with E-state index in [0.717, 1.165) is 5.56 Å². The Hall–Kier alpha value is -4.05. The SMILES string of the molecule is CC(C)(CF)C(=O)Nc1ccc(NS(=O)(=O)c2ccc(-c3nnc(-c4ccccc4)o3)cc2)cc1. The van der Waals surface area contributed by atoms with Gasteiger partial charge in [-0.15, -0.1) is 10.2 Å². The van der Waals surface area contributed by atoms with Crippen LogP contribution in [0, 0.1) is 5.41 Å². The largest absolute Gasteiger partial charge is 0.416 e. The quantitative estimate of drug-likeness (QED) is 0.351. The van der Waals surface area contributed by atoms with E-state index in [1.165, 1.54) is 50.2 Å². The molecule has 0 aliphatic heterocycles. The van der Waals surface area contributed by atoms with Gasteiger partial charge in [-0.1, -0.05) is 18.2 Å². The smallest absolute Gasteiger partial charge is 0.261 e. The standard InChI is InChI=1S/C25H23FN4O4S/c1-25(2,16-26)24(31)27-19-10-12-20(13-11-19)30-35(32,33)21-14-8-18(9-15-21)23-29-28-22(34-23)17-6-4-3-5-7-17/h3-15,30H,16H2,1-2H3,(H,27,31). The molecule has 1 heterocycles. The van der Waals surface area contributed by atoms with E-state index in [-0.39, 0.29) is 10.8 Å². The lowest BCUT2D eigenvalue weighted by molar-refractivity contribution is -0.124. The lowest BCUT2D eigenvalue weighted by Gasteiger charge is -2.19. The number of hydrogen-bond donors (Lipinski definition) is 2. The van der Waals surface area contributed by atoms with Crippen molar-refractivity contribution in [1.82, 2.24) is 10.2 Å². The molecule has 0 fully saturated rings. The Morgan fingerprint density at radius 3 is 1.97 bits per heavy atom. The van der Waals surface area contributed by atoms with Crippen LogP contribution in [0.2, 0.25) is 0 Å². The second kappa shape index (κ2) is 9.67. The molecular formula is C25H23FN4O4S. The molecule has 4 aromatic rings. The number of hydrogen-bond acceptors (Lipinski definition) is 6. The summed E-state index contributed by atoms with van der Waals surface area (Å²) in [7, 11) is -3.87. The van der Waals surface area contributed by atoms with Crippen molar-refractivity contribution in [2.24, 2.45) is 5.41 Å². The molecule has 0 radical (unpaired) electrons. The second-order valence-electron chi connectivity index (χ2n) is 8.46. The fourth-order valence-corrected chi connectivity index (χ4v) is 4.07. The molecule has 35 heavy (non-hydrogen) atoms. The molecule has 0 spiro atoms. The number of sulfonamides is 1. The normalized spacial score (nSPS) is 11.7. The fourth-order valence-electron chi connectivity index (χ4n) is 3.01. The Balaban J connectivity index is 1.44. The molecule has 1 amide bonds. The maximum Gasteiger partial charge on any atom is 0.261 e. The van der Waals surface area contributed by atoms with Crippen molar-refractivity contribution in [3.05, 3.63) is 78.9 Å². The highest BCUT2D eigenvalue weighted by Crippen LogP contribution is 2.26. The van der Waals surface area contributed by atoms with Crippen LogP contribution < -0.4 is 10.0 Å². The molecule has 3 aromatic carbocycles. The molecule has 0 saturated heterocycles. The summed E-state index contributed by atoms with van der Waals surface area (Å²) >= 11 is 0. The van der Waals surface area contributed by atoms with Gasteiger partial charge in [0.05, 0.1) is 10.3 Å². The lowest BCUT2D eigenvalue weighted by Crippen LogP contribution is -2.32. The van der Waals surface area contributed by atoms with Gasteiger partial charge in [-0.05, 0) is 74.5 Å². The van der Waals surface area contributed by atoms with Crippen molar-refractivity contribution in [2.45, 2.75) is 18.7 Å². The van der Waals surface area contributed by atoms with Crippen LogP contribution in [0.5, 0.6) is 0 Å². The Morgan fingerprint density at radius 2 is 1.40 bits per heavy atom. The van der Waals surface area contributed by atoms with Gasteiger partial charge in [0.25, 0.3) is 10.0 Å². The van der Waals surface area contributed by atoms with E-state index in [2.05, 4.69) is 20.2 Å². The van der Waals surface area contributed by atoms with Crippen LogP contribution in [0.3, 0.4) is 0 Å². The van der Waals surface area contributed by atoms with Gasteiger partial charge in [0.15, 0.2) is 0 Å². The average Bonchev–Trinajstić information content (AvgIpc) is 3.36. The van der Waals surface area contributed by atoms with Crippen LogP contribution in [-0.2, 0) is 14.8 Å². The van der Waals surface area contributed by atoms with Crippen molar-refractivity contribution >= 4 is 27.3 Å². The zero-order chi connectivity index (χ0) is 25.1. The number of nitrogens with one attached hydrogen (secondary N) is 2. The minimum atomic E-state index is -3.87. The second-order valence-corrected chi connectivity index (χ2v) is 10.1. The lowest BCUT2D eigenvalue weighted by atomic mass is 9.94. The molecule has 0 bridgehead atoms. The number of anilines is 2. The number of aromatic nitrogens is 2. The number of carbonyl (C=O) groups excluding carboxylic acids is 1. The Labute approximate surface area is 202 Å². The summed E-state index contributed by atoms with van der Waals surface area (Å²) in [5.74, 6) is 0.173. The van der Waals surface area contributed by atoms with Crippen molar-refractivity contribution < 1.29 is 22.0 Å². The molecule has 2 N–H and O–H groups in total. The first kappa shape index (κ1) is 24.1. The van der Waals surface area contributed by atoms with Crippen molar-refractivity contribution in [3.8, 4) is 22.9 Å². The molecule has 1 aromatic heterocycles. The Kier molecular flexibility index (Phi) is 6.65. The van der Waals surface area contributed by atoms with Crippen molar-refractivity contribution in [3.63, 3.8) is 0 Å². The minimum Gasteiger partial charge on any atom is -0.416 e. The van der Waals surface area contributed by atoms with Crippen molar-refractivity contribution in [1.29, 1.82) is 0 Å². The van der Waals surface area contributed by atoms with E-state index >= 15 is 0 Å². The summed E-state index contributed by atoms with van der Waals surface area (Å²) in [5, 5.41) is 10.7. The van der Waals surface area contributed by atoms with Gasteiger partial charge in [0.2, 0.25) is 17.7 Å². The van der Waals surface area contributed by atoms with E-state index in [0.29, 0.717) is 22.8 Å². The first-order valence-electron chi connectivity index (χ1n) is 10.7. The predicted octanol–water partition coefficient (Wildman–Crippen LogP) is 5.14. The molecule has 4 rings (SSSR count). The van der Waals surface area contributed by atoms with Crippen LogP contribution in [0.15, 0.2) is 88.2 Å². The summed E-state index contributed by atoms with van der Waals surface area (Å²) in [6.07, 6.45) is 0. The number of rotatable bonds is 8. The minimum absolute atomic E-state index is 0.0473. The van der Waals surface area contributed by atoms with Crippen LogP contribution in [0.4, 0.5) is 15.8 Å². The highest BCUT2D eigenvalue weighted by atomic mass is 32.2. The van der Waals surface area contributed by atoms with E-state index in [4.69, 9.17) is 4.42 Å². The maximum absolute atomic E-state index is 13.0. The highest BCUT2D eigenvalue weighted by molar-refractivity contribution is 7.92. The van der Waals surface area contributed by atoms with Gasteiger partial charge in [0.1, 0.15) is 6.67 Å². The Bertz CT molecular complexity index is 1420. The molecule has 180 valence electrons. The monoisotopic (exact) mass is 494 g/mol. The van der Waals surface area contributed by atoms with E-state index in [9.17, 15) is 17.6 Å². The van der Waals surface area contributed by atoms with Crippen LogP contribution in [-0.4, -0.2) is 31.2 Å². The van der Waals surface area contributed by atoms with Crippen molar-refractivity contribution in [2.75, 3.05) is 16.7 Å². The highest BCUT2D eigenvalue weighted by Gasteiger charge is 2.27. The van der Waals surface area contributed by atoms with E-state index in [1.807, 2.05) is 30.3 Å². The van der Waals surface area contributed by atoms with Gasteiger partial charge in [0, 0.05) is 22.5 Å². The summed E-state index contributed by atoms with van der Waals surface area (Å²) in [6, 6.07) is 21.5. The molecule has 0 saturated carbocycles. The van der Waals surface area contributed by atoms with Gasteiger partial charge in [-0.2, -0.15) is 0 Å². The maximum atomic E-state index is 13.0. The third-order valence-electron chi connectivity index (χ3n) is 5.20. The van der Waals surface area contributed by atoms with Gasteiger partial charge in [-0.25, -0.2) is 12.8 Å². The predicted molar refractivity (Wildman–Crippen MR) is 131 cm³/mol. The van der Waals surface area contributed by atoms with Gasteiger partial charge in [-0.3, -0.25) is 9.52 Å². The summed E-state index contributed by atoms with van der Waals surface area (Å²) in [4.78, 5) is 12.1. The molecule has 0 atom stereocenters. The molecule has 8 nitrogen and oxygen atoms in total. The molecule has 0 unspecified atom stereocenters. The van der Waals surface area contributed by atoms with Gasteiger partial charge >= 0.3 is 0 Å². The third kappa shape index (κ3) is 5.55. The number of alkyl halides is 1. The number of benzene rings is 3. The summed E-state index contributed by atoms with van der Waals surface area (Å²) in [6.45, 7) is 2.20. The molecule has 0 aliphatic rings. The van der Waals surface area contributed by atoms with Crippen LogP contribution in [0.25, 0.3) is 22.9 Å². The zero-order valence-electron chi connectivity index (χ0n) is 19.0. The average molecular weight is 495 g/mol. The molecule has 0 aliphatic carbocycles. The summed E-state index contributed by atoms with van der Waals surface area (Å²) < 4.78 is 46.8. The summed E-state index contributed by atoms with van der Waals surface area (Å²) in [5.41, 5.74) is 0.942. The van der Waals surface area contributed by atoms with Gasteiger partial charge < -0.3 is 9.73 Å². The Morgan fingerprint density at radius 1 is 0.857 bits per heavy atom. The molecular weight excluding hydrogens is 471 g/mol. The third-order valence-corrected chi connectivity index (χ3v) is 6.60. The number of amides is 1.